The number of rotatable bonds is 4. The van der Waals surface area contributed by atoms with E-state index < -0.39 is 5.97 Å². The van der Waals surface area contributed by atoms with Gasteiger partial charge in [0, 0.05) is 5.56 Å². The third-order valence-electron chi connectivity index (χ3n) is 2.88. The van der Waals surface area contributed by atoms with E-state index in [2.05, 4.69) is 22.0 Å². The van der Waals surface area contributed by atoms with Crippen LogP contribution >= 0.6 is 15.9 Å². The molecule has 0 bridgehead atoms. The fourth-order valence-corrected chi connectivity index (χ4v) is 2.32. The smallest absolute Gasteiger partial charge is 0.338 e. The highest BCUT2D eigenvalue weighted by Gasteiger charge is 2.11. The zero-order chi connectivity index (χ0) is 15.2. The van der Waals surface area contributed by atoms with Crippen LogP contribution in [0.15, 0.2) is 46.9 Å². The molecule has 106 valence electrons. The third-order valence-corrected chi connectivity index (χ3v) is 3.50. The number of nitriles is 1. The summed E-state index contributed by atoms with van der Waals surface area (Å²) in [6.07, 6.45) is 0. The first kappa shape index (κ1) is 15.1. The topological polar surface area (TPSA) is 59.3 Å². The van der Waals surface area contributed by atoms with Gasteiger partial charge >= 0.3 is 5.97 Å². The van der Waals surface area contributed by atoms with Crippen LogP contribution in [0, 0.1) is 11.3 Å². The molecule has 4 nitrogen and oxygen atoms in total. The first-order chi connectivity index (χ1) is 10.2. The molecule has 0 saturated heterocycles. The summed E-state index contributed by atoms with van der Waals surface area (Å²) in [5.41, 5.74) is 1.60. The minimum Gasteiger partial charge on any atom is -0.496 e. The van der Waals surface area contributed by atoms with Crippen LogP contribution in [0.25, 0.3) is 0 Å². The standard InChI is InChI=1S/C16H12BrNO3/c1-20-15-7-6-11(8-14(15)17)16(19)21-10-13-5-3-2-4-12(13)9-18/h2-8H,10H2,1H3. The molecule has 0 spiro atoms. The molecule has 0 amide bonds. The lowest BCUT2D eigenvalue weighted by molar-refractivity contribution is 0.0472. The molecule has 0 aliphatic heterocycles. The number of carbonyl (C=O) groups excluding carboxylic acids is 1. The van der Waals surface area contributed by atoms with Crippen molar-refractivity contribution in [2.24, 2.45) is 0 Å². The highest BCUT2D eigenvalue weighted by Crippen LogP contribution is 2.26. The fraction of sp³-hybridized carbons (Fsp3) is 0.125. The van der Waals surface area contributed by atoms with Crippen molar-refractivity contribution >= 4 is 21.9 Å². The van der Waals surface area contributed by atoms with Crippen molar-refractivity contribution in [3.63, 3.8) is 0 Å². The van der Waals surface area contributed by atoms with Crippen molar-refractivity contribution in [2.45, 2.75) is 6.61 Å². The predicted octanol–water partition coefficient (Wildman–Crippen LogP) is 3.69. The van der Waals surface area contributed by atoms with E-state index in [9.17, 15) is 4.79 Å². The molecule has 5 heteroatoms. The Morgan fingerprint density at radius 1 is 1.29 bits per heavy atom. The Balaban J connectivity index is 2.09. The third kappa shape index (κ3) is 3.61. The number of hydrogen-bond acceptors (Lipinski definition) is 4. The van der Waals surface area contributed by atoms with E-state index in [-0.39, 0.29) is 6.61 Å². The summed E-state index contributed by atoms with van der Waals surface area (Å²) in [5.74, 6) is 0.187. The summed E-state index contributed by atoms with van der Waals surface area (Å²) in [7, 11) is 1.55. The number of halogens is 1. The van der Waals surface area contributed by atoms with Gasteiger partial charge in [-0.1, -0.05) is 18.2 Å². The van der Waals surface area contributed by atoms with Crippen LogP contribution in [-0.2, 0) is 11.3 Å². The molecule has 0 N–H and O–H groups in total. The van der Waals surface area contributed by atoms with Crippen LogP contribution in [-0.4, -0.2) is 13.1 Å². The van der Waals surface area contributed by atoms with Crippen molar-refractivity contribution in [3.05, 3.63) is 63.6 Å². The Labute approximate surface area is 131 Å². The number of benzene rings is 2. The van der Waals surface area contributed by atoms with Gasteiger partial charge in [-0.2, -0.15) is 5.26 Å². The van der Waals surface area contributed by atoms with Gasteiger partial charge in [0.1, 0.15) is 12.4 Å². The molecule has 0 fully saturated rings. The Morgan fingerprint density at radius 3 is 2.71 bits per heavy atom. The second kappa shape index (κ2) is 6.91. The normalized spacial score (nSPS) is 9.76. The van der Waals surface area contributed by atoms with E-state index in [1.807, 2.05) is 0 Å². The maximum atomic E-state index is 12.0. The Morgan fingerprint density at radius 2 is 2.05 bits per heavy atom. The summed E-state index contributed by atoms with van der Waals surface area (Å²) in [6.45, 7) is 0.0617. The maximum Gasteiger partial charge on any atom is 0.338 e. The molecule has 2 rings (SSSR count). The van der Waals surface area contributed by atoms with Crippen LogP contribution < -0.4 is 4.74 Å². The Bertz CT molecular complexity index is 707. The highest BCUT2D eigenvalue weighted by atomic mass is 79.9. The summed E-state index contributed by atoms with van der Waals surface area (Å²) >= 11 is 3.32. The average molecular weight is 346 g/mol. The lowest BCUT2D eigenvalue weighted by atomic mass is 10.1. The maximum absolute atomic E-state index is 12.0. The van der Waals surface area contributed by atoms with Crippen molar-refractivity contribution in [1.82, 2.24) is 0 Å². The van der Waals surface area contributed by atoms with Gasteiger partial charge < -0.3 is 9.47 Å². The molecule has 21 heavy (non-hydrogen) atoms. The number of carbonyl (C=O) groups is 1. The van der Waals surface area contributed by atoms with Gasteiger partial charge in [-0.25, -0.2) is 4.79 Å². The molecule has 2 aromatic carbocycles. The number of ether oxygens (including phenoxy) is 2. The lowest BCUT2D eigenvalue weighted by Crippen LogP contribution is -2.06. The quantitative estimate of drug-likeness (QED) is 0.793. The zero-order valence-corrected chi connectivity index (χ0v) is 12.9. The minimum absolute atomic E-state index is 0.0617. The van der Waals surface area contributed by atoms with E-state index in [0.29, 0.717) is 26.9 Å². The molecule has 0 radical (unpaired) electrons. The molecule has 0 saturated carbocycles. The molecule has 0 unspecified atom stereocenters. The van der Waals surface area contributed by atoms with Gasteiger partial charge in [0.15, 0.2) is 0 Å². The van der Waals surface area contributed by atoms with Crippen LogP contribution in [0.2, 0.25) is 0 Å². The predicted molar refractivity (Wildman–Crippen MR) is 81.0 cm³/mol. The second-order valence-electron chi connectivity index (χ2n) is 4.19. The van der Waals surface area contributed by atoms with Crippen molar-refractivity contribution in [1.29, 1.82) is 5.26 Å². The minimum atomic E-state index is -0.453. The summed E-state index contributed by atoms with van der Waals surface area (Å²) < 4.78 is 11.0. The Hall–Kier alpha value is -2.32. The van der Waals surface area contributed by atoms with Crippen molar-refractivity contribution in [3.8, 4) is 11.8 Å². The summed E-state index contributed by atoms with van der Waals surface area (Å²) in [4.78, 5) is 12.0. The van der Waals surface area contributed by atoms with E-state index in [0.717, 1.165) is 0 Å². The average Bonchev–Trinajstić information content (AvgIpc) is 2.52. The van der Waals surface area contributed by atoms with Crippen molar-refractivity contribution in [2.75, 3.05) is 7.11 Å². The van der Waals surface area contributed by atoms with Crippen molar-refractivity contribution < 1.29 is 14.3 Å². The molecule has 2 aromatic rings. The fourth-order valence-electron chi connectivity index (χ4n) is 1.78. The van der Waals surface area contributed by atoms with Crippen LogP contribution in [0.1, 0.15) is 21.5 Å². The van der Waals surface area contributed by atoms with Gasteiger partial charge in [-0.05, 0) is 40.2 Å². The second-order valence-corrected chi connectivity index (χ2v) is 5.05. The largest absolute Gasteiger partial charge is 0.496 e. The van der Waals surface area contributed by atoms with Gasteiger partial charge in [0.25, 0.3) is 0 Å². The van der Waals surface area contributed by atoms with Crippen LogP contribution in [0.5, 0.6) is 5.75 Å². The SMILES string of the molecule is COc1ccc(C(=O)OCc2ccccc2C#N)cc1Br. The molecular formula is C16H12BrNO3. The van der Waals surface area contributed by atoms with Crippen LogP contribution in [0.3, 0.4) is 0 Å². The number of hydrogen-bond donors (Lipinski definition) is 0. The van der Waals surface area contributed by atoms with E-state index >= 15 is 0 Å². The first-order valence-electron chi connectivity index (χ1n) is 6.14. The monoisotopic (exact) mass is 345 g/mol. The first-order valence-corrected chi connectivity index (χ1v) is 6.93. The number of nitrogens with zero attached hydrogens (tertiary/aromatic N) is 1. The molecule has 0 aliphatic carbocycles. The van der Waals surface area contributed by atoms with Gasteiger partial charge in [-0.15, -0.1) is 0 Å². The Kier molecular flexibility index (Phi) is 4.96. The summed E-state index contributed by atoms with van der Waals surface area (Å²) in [5, 5.41) is 8.98. The lowest BCUT2D eigenvalue weighted by Gasteiger charge is -2.08. The highest BCUT2D eigenvalue weighted by molar-refractivity contribution is 9.10. The molecule has 0 heterocycles. The molecule has 0 aromatic heterocycles. The van der Waals surface area contributed by atoms with Gasteiger partial charge in [-0.3, -0.25) is 0 Å². The molecule has 0 atom stereocenters. The van der Waals surface area contributed by atoms with E-state index in [1.54, 1.807) is 49.6 Å². The molecule has 0 aliphatic rings. The zero-order valence-electron chi connectivity index (χ0n) is 11.3. The van der Waals surface area contributed by atoms with E-state index in [4.69, 9.17) is 14.7 Å². The van der Waals surface area contributed by atoms with Crippen LogP contribution in [0.4, 0.5) is 0 Å². The summed E-state index contributed by atoms with van der Waals surface area (Å²) in [6, 6.07) is 14.0. The van der Waals surface area contributed by atoms with Gasteiger partial charge in [0.2, 0.25) is 0 Å². The molecular weight excluding hydrogens is 334 g/mol. The van der Waals surface area contributed by atoms with E-state index in [1.165, 1.54) is 0 Å². The van der Waals surface area contributed by atoms with Gasteiger partial charge in [0.05, 0.1) is 28.8 Å². The number of methoxy groups -OCH3 is 1. The number of esters is 1.